The van der Waals surface area contributed by atoms with E-state index in [2.05, 4.69) is 33.2 Å². The van der Waals surface area contributed by atoms with Crippen LogP contribution < -0.4 is 5.73 Å². The molecule has 102 valence electrons. The molecule has 5 heteroatoms. The quantitative estimate of drug-likeness (QED) is 0.762. The topological polar surface area (TPSA) is 72.5 Å². The second-order valence-corrected chi connectivity index (χ2v) is 5.69. The molecule has 1 fully saturated rings. The van der Waals surface area contributed by atoms with Crippen molar-refractivity contribution in [2.75, 3.05) is 6.54 Å². The number of rotatable bonds is 3. The Morgan fingerprint density at radius 2 is 2.20 bits per heavy atom. The van der Waals surface area contributed by atoms with Crippen LogP contribution in [0.2, 0.25) is 0 Å². The van der Waals surface area contributed by atoms with Gasteiger partial charge in [-0.1, -0.05) is 6.07 Å². The minimum absolute atomic E-state index is 0.105. The summed E-state index contributed by atoms with van der Waals surface area (Å²) in [5, 5.41) is 0. The Labute approximate surface area is 116 Å². The molecule has 0 spiro atoms. The van der Waals surface area contributed by atoms with Gasteiger partial charge in [-0.3, -0.25) is 0 Å². The molecule has 2 heterocycles. The van der Waals surface area contributed by atoms with Crippen LogP contribution in [0.5, 0.6) is 0 Å². The third kappa shape index (κ3) is 1.59. The zero-order valence-electron chi connectivity index (χ0n) is 11.4. The van der Waals surface area contributed by atoms with Gasteiger partial charge in [0.25, 0.3) is 0 Å². The molecule has 3 N–H and O–H groups in total. The first kappa shape index (κ1) is 11.7. The summed E-state index contributed by atoms with van der Waals surface area (Å²) >= 11 is 0. The van der Waals surface area contributed by atoms with Gasteiger partial charge >= 0.3 is 0 Å². The lowest BCUT2D eigenvalue weighted by molar-refractivity contribution is 0.659. The number of aromatic amines is 1. The van der Waals surface area contributed by atoms with Gasteiger partial charge in [-0.25, -0.2) is 9.97 Å². The average molecular weight is 267 g/mol. The first-order valence-corrected chi connectivity index (χ1v) is 6.89. The van der Waals surface area contributed by atoms with Gasteiger partial charge in [0.1, 0.15) is 5.82 Å². The highest BCUT2D eigenvalue weighted by molar-refractivity contribution is 5.81. The lowest BCUT2D eigenvalue weighted by Gasteiger charge is -2.07. The number of H-pyrrole nitrogens is 1. The number of nitrogens with zero attached hydrogens (tertiary/aromatic N) is 3. The summed E-state index contributed by atoms with van der Waals surface area (Å²) < 4.78 is 2.02. The van der Waals surface area contributed by atoms with Crippen LogP contribution in [0, 0.1) is 0 Å². The summed E-state index contributed by atoms with van der Waals surface area (Å²) in [4.78, 5) is 12.3. The number of fused-ring (bicyclic) bond motifs is 1. The number of nitrogens with one attached hydrogen (secondary N) is 1. The van der Waals surface area contributed by atoms with Crippen molar-refractivity contribution in [3.63, 3.8) is 0 Å². The fourth-order valence-corrected chi connectivity index (χ4v) is 2.73. The fourth-order valence-electron chi connectivity index (χ4n) is 2.73. The molecule has 0 radical (unpaired) electrons. The van der Waals surface area contributed by atoms with Crippen LogP contribution in [0.3, 0.4) is 0 Å². The van der Waals surface area contributed by atoms with Crippen molar-refractivity contribution in [1.29, 1.82) is 0 Å². The first-order chi connectivity index (χ1) is 9.72. The molecule has 20 heavy (non-hydrogen) atoms. The Balaban J connectivity index is 1.75. The van der Waals surface area contributed by atoms with Crippen molar-refractivity contribution >= 4 is 11.0 Å². The average Bonchev–Trinajstić information content (AvgIpc) is 2.96. The van der Waals surface area contributed by atoms with Crippen molar-refractivity contribution in [2.45, 2.75) is 18.3 Å². The molecule has 3 aromatic rings. The van der Waals surface area contributed by atoms with Gasteiger partial charge in [0, 0.05) is 24.6 Å². The number of benzene rings is 1. The Morgan fingerprint density at radius 3 is 2.95 bits per heavy atom. The van der Waals surface area contributed by atoms with Crippen LogP contribution in [0.1, 0.15) is 18.7 Å². The highest BCUT2D eigenvalue weighted by atomic mass is 15.0. The van der Waals surface area contributed by atoms with Crippen LogP contribution in [-0.2, 0) is 12.5 Å². The Bertz CT molecular complexity index is 779. The van der Waals surface area contributed by atoms with Crippen molar-refractivity contribution < 1.29 is 0 Å². The first-order valence-electron chi connectivity index (χ1n) is 6.89. The fraction of sp³-hybridized carbons (Fsp3) is 0.333. The van der Waals surface area contributed by atoms with Crippen molar-refractivity contribution in [2.24, 2.45) is 12.8 Å². The molecule has 0 unspecified atom stereocenters. The van der Waals surface area contributed by atoms with Crippen LogP contribution in [0.25, 0.3) is 22.3 Å². The minimum Gasteiger partial charge on any atom is -0.341 e. The molecule has 0 bridgehead atoms. The number of aryl methyl sites for hydroxylation is 1. The molecule has 1 aliphatic carbocycles. The van der Waals surface area contributed by atoms with E-state index in [1.807, 2.05) is 24.1 Å². The molecular formula is C15H17N5. The van der Waals surface area contributed by atoms with Gasteiger partial charge in [-0.2, -0.15) is 0 Å². The smallest absolute Gasteiger partial charge is 0.114 e. The summed E-state index contributed by atoms with van der Waals surface area (Å²) in [6.45, 7) is 0.666. The summed E-state index contributed by atoms with van der Waals surface area (Å²) in [5.41, 5.74) is 10.2. The molecule has 0 amide bonds. The van der Waals surface area contributed by atoms with E-state index in [1.54, 1.807) is 0 Å². The molecule has 0 saturated heterocycles. The predicted octanol–water partition coefficient (Wildman–Crippen LogP) is 1.95. The van der Waals surface area contributed by atoms with Crippen LogP contribution in [0.15, 0.2) is 30.7 Å². The van der Waals surface area contributed by atoms with E-state index in [0.717, 1.165) is 41.0 Å². The van der Waals surface area contributed by atoms with Crippen molar-refractivity contribution in [3.05, 3.63) is 36.5 Å². The molecule has 0 atom stereocenters. The van der Waals surface area contributed by atoms with Crippen LogP contribution >= 0.6 is 0 Å². The molecule has 1 aromatic carbocycles. The predicted molar refractivity (Wildman–Crippen MR) is 78.3 cm³/mol. The number of aromatic nitrogens is 4. The monoisotopic (exact) mass is 267 g/mol. The largest absolute Gasteiger partial charge is 0.341 e. The zero-order chi connectivity index (χ0) is 13.7. The molecule has 2 aromatic heterocycles. The molecule has 5 nitrogen and oxygen atoms in total. The summed E-state index contributed by atoms with van der Waals surface area (Å²) in [6.07, 6.45) is 6.00. The third-order valence-electron chi connectivity index (χ3n) is 4.36. The number of hydrogen-bond donors (Lipinski definition) is 2. The lowest BCUT2D eigenvalue weighted by atomic mass is 10.1. The van der Waals surface area contributed by atoms with Crippen LogP contribution in [0.4, 0.5) is 0 Å². The van der Waals surface area contributed by atoms with Gasteiger partial charge in [0.2, 0.25) is 0 Å². The molecular weight excluding hydrogens is 250 g/mol. The maximum absolute atomic E-state index is 5.85. The van der Waals surface area contributed by atoms with Gasteiger partial charge in [0.05, 0.1) is 29.3 Å². The maximum Gasteiger partial charge on any atom is 0.114 e. The Hall–Kier alpha value is -2.14. The highest BCUT2D eigenvalue weighted by Crippen LogP contribution is 2.46. The Morgan fingerprint density at radius 1 is 1.35 bits per heavy atom. The van der Waals surface area contributed by atoms with Crippen molar-refractivity contribution in [3.8, 4) is 11.3 Å². The van der Waals surface area contributed by atoms with E-state index >= 15 is 0 Å². The van der Waals surface area contributed by atoms with E-state index in [1.165, 1.54) is 0 Å². The number of nitrogens with two attached hydrogens (primary N) is 1. The number of hydrogen-bond acceptors (Lipinski definition) is 3. The molecule has 1 saturated carbocycles. The normalized spacial score (nSPS) is 16.7. The standard InChI is InChI=1S/C15H17N5/c1-20-9-18-11-6-10(2-3-13(11)20)12-7-17-14(19-12)15(8-16)4-5-15/h2-3,6-7,9H,4-5,8,16H2,1H3,(H,17,19). The SMILES string of the molecule is Cn1cnc2cc(-c3cnc(C4(CN)CC4)[nH]3)ccc21. The van der Waals surface area contributed by atoms with Gasteiger partial charge in [0.15, 0.2) is 0 Å². The molecule has 0 aliphatic heterocycles. The second kappa shape index (κ2) is 3.93. The number of imidazole rings is 2. The lowest BCUT2D eigenvalue weighted by Crippen LogP contribution is -2.21. The van der Waals surface area contributed by atoms with E-state index in [0.29, 0.717) is 6.54 Å². The summed E-state index contributed by atoms with van der Waals surface area (Å²) in [6, 6.07) is 6.28. The van der Waals surface area contributed by atoms with Crippen LogP contribution in [-0.4, -0.2) is 26.1 Å². The third-order valence-corrected chi connectivity index (χ3v) is 4.36. The van der Waals surface area contributed by atoms with Gasteiger partial charge in [-0.15, -0.1) is 0 Å². The Kier molecular flexibility index (Phi) is 2.29. The second-order valence-electron chi connectivity index (χ2n) is 5.69. The maximum atomic E-state index is 5.85. The molecule has 4 rings (SSSR count). The van der Waals surface area contributed by atoms with E-state index < -0.39 is 0 Å². The van der Waals surface area contributed by atoms with E-state index in [4.69, 9.17) is 5.73 Å². The van der Waals surface area contributed by atoms with E-state index in [9.17, 15) is 0 Å². The summed E-state index contributed by atoms with van der Waals surface area (Å²) in [7, 11) is 2.00. The summed E-state index contributed by atoms with van der Waals surface area (Å²) in [5.74, 6) is 1.02. The minimum atomic E-state index is 0.105. The van der Waals surface area contributed by atoms with Gasteiger partial charge < -0.3 is 15.3 Å². The van der Waals surface area contributed by atoms with E-state index in [-0.39, 0.29) is 5.41 Å². The van der Waals surface area contributed by atoms with Gasteiger partial charge in [-0.05, 0) is 25.0 Å². The van der Waals surface area contributed by atoms with Crippen molar-refractivity contribution in [1.82, 2.24) is 19.5 Å². The highest BCUT2D eigenvalue weighted by Gasteiger charge is 2.45. The zero-order valence-corrected chi connectivity index (χ0v) is 11.4. The molecule has 1 aliphatic rings.